The van der Waals surface area contributed by atoms with Gasteiger partial charge in [-0.15, -0.1) is 16.4 Å². The van der Waals surface area contributed by atoms with Gasteiger partial charge in [0.15, 0.2) is 17.3 Å². The summed E-state index contributed by atoms with van der Waals surface area (Å²) < 4.78 is 10.6. The second-order valence-corrected chi connectivity index (χ2v) is 7.88. The first-order valence-electron chi connectivity index (χ1n) is 8.64. The van der Waals surface area contributed by atoms with E-state index in [-0.39, 0.29) is 5.91 Å². The normalized spacial score (nSPS) is 10.7. The number of amides is 1. The molecule has 1 aromatic carbocycles. The third-order valence-electron chi connectivity index (χ3n) is 4.15. The van der Waals surface area contributed by atoms with Crippen molar-refractivity contribution in [2.24, 2.45) is 0 Å². The highest BCUT2D eigenvalue weighted by molar-refractivity contribution is 7.99. The van der Waals surface area contributed by atoms with E-state index in [0.717, 1.165) is 22.7 Å². The van der Waals surface area contributed by atoms with Crippen molar-refractivity contribution >= 4 is 29.0 Å². The molecule has 0 saturated heterocycles. The number of benzene rings is 1. The van der Waals surface area contributed by atoms with Crippen LogP contribution in [0.25, 0.3) is 10.7 Å². The topological polar surface area (TPSA) is 80.3 Å². The minimum atomic E-state index is 0.0351. The Balaban J connectivity index is 1.48. The largest absolute Gasteiger partial charge is 0.493 e. The highest BCUT2D eigenvalue weighted by Gasteiger charge is 2.13. The lowest BCUT2D eigenvalue weighted by Crippen LogP contribution is -2.30. The molecular weight excluding hydrogens is 396 g/mol. The molecule has 0 atom stereocenters. The zero-order chi connectivity index (χ0) is 19.9. The van der Waals surface area contributed by atoms with E-state index in [1.165, 1.54) is 11.8 Å². The van der Waals surface area contributed by atoms with Crippen LogP contribution in [-0.4, -0.2) is 59.6 Å². The molecule has 0 bridgehead atoms. The average Bonchev–Trinajstić information content (AvgIpc) is 3.41. The molecule has 0 spiro atoms. The molecule has 1 N–H and O–H groups in total. The number of methoxy groups -OCH3 is 2. The smallest absolute Gasteiger partial charge is 0.232 e. The summed E-state index contributed by atoms with van der Waals surface area (Å²) in [7, 11) is 5.03. The number of thiophene rings is 1. The number of likely N-dealkylation sites (N-methyl/N-ethyl adjacent to an activating group) is 1. The Bertz CT molecular complexity index is 912. The fraction of sp³-hybridized carbons (Fsp3) is 0.316. The third kappa shape index (κ3) is 5.05. The fourth-order valence-electron chi connectivity index (χ4n) is 2.53. The van der Waals surface area contributed by atoms with E-state index < -0.39 is 0 Å². The quantitative estimate of drug-likeness (QED) is 0.537. The number of nitrogens with zero attached hydrogens (tertiary/aromatic N) is 3. The van der Waals surface area contributed by atoms with Gasteiger partial charge >= 0.3 is 0 Å². The first kappa shape index (κ1) is 20.2. The van der Waals surface area contributed by atoms with Crippen LogP contribution < -0.4 is 9.47 Å². The van der Waals surface area contributed by atoms with Gasteiger partial charge in [0.1, 0.15) is 0 Å². The number of carbonyl (C=O) groups excluding carboxylic acids is 1. The van der Waals surface area contributed by atoms with Gasteiger partial charge in [0.2, 0.25) is 11.1 Å². The van der Waals surface area contributed by atoms with Crippen LogP contribution in [0.3, 0.4) is 0 Å². The summed E-state index contributed by atoms with van der Waals surface area (Å²) in [5, 5.41) is 9.64. The first-order valence-corrected chi connectivity index (χ1v) is 10.5. The molecule has 0 radical (unpaired) electrons. The number of aromatic amines is 1. The second kappa shape index (κ2) is 9.61. The molecule has 0 fully saturated rings. The highest BCUT2D eigenvalue weighted by Crippen LogP contribution is 2.28. The Morgan fingerprint density at radius 2 is 2.07 bits per heavy atom. The van der Waals surface area contributed by atoms with E-state index in [0.29, 0.717) is 29.0 Å². The molecule has 3 rings (SSSR count). The maximum atomic E-state index is 12.4. The van der Waals surface area contributed by atoms with Gasteiger partial charge < -0.3 is 14.4 Å². The van der Waals surface area contributed by atoms with Gasteiger partial charge in [0, 0.05) is 13.6 Å². The van der Waals surface area contributed by atoms with Gasteiger partial charge in [0.25, 0.3) is 0 Å². The summed E-state index contributed by atoms with van der Waals surface area (Å²) in [6.07, 6.45) is 0.733. The van der Waals surface area contributed by atoms with Gasteiger partial charge in [0.05, 0.1) is 24.8 Å². The highest BCUT2D eigenvalue weighted by atomic mass is 32.2. The number of hydrogen-bond donors (Lipinski definition) is 1. The van der Waals surface area contributed by atoms with Crippen LogP contribution in [0.2, 0.25) is 0 Å². The Hall–Kier alpha value is -2.52. The van der Waals surface area contributed by atoms with Crippen molar-refractivity contribution in [1.29, 1.82) is 0 Å². The number of carbonyl (C=O) groups is 1. The maximum Gasteiger partial charge on any atom is 0.232 e. The molecule has 1 amide bonds. The van der Waals surface area contributed by atoms with Crippen molar-refractivity contribution in [3.05, 3.63) is 41.3 Å². The molecule has 148 valence electrons. The fourth-order valence-corrected chi connectivity index (χ4v) is 3.93. The summed E-state index contributed by atoms with van der Waals surface area (Å²) in [5.74, 6) is 2.44. The maximum absolute atomic E-state index is 12.4. The van der Waals surface area contributed by atoms with Crippen molar-refractivity contribution in [3.8, 4) is 22.2 Å². The zero-order valence-corrected chi connectivity index (χ0v) is 17.6. The van der Waals surface area contributed by atoms with Gasteiger partial charge in [-0.05, 0) is 35.6 Å². The molecule has 9 heteroatoms. The number of aromatic nitrogens is 3. The molecule has 0 unspecified atom stereocenters. The van der Waals surface area contributed by atoms with E-state index in [2.05, 4.69) is 15.2 Å². The van der Waals surface area contributed by atoms with Crippen LogP contribution in [0, 0.1) is 0 Å². The molecule has 0 aliphatic rings. The van der Waals surface area contributed by atoms with Gasteiger partial charge in [-0.2, -0.15) is 0 Å². The van der Waals surface area contributed by atoms with E-state index in [9.17, 15) is 4.79 Å². The lowest BCUT2D eigenvalue weighted by atomic mass is 10.1. The zero-order valence-electron chi connectivity index (χ0n) is 16.0. The summed E-state index contributed by atoms with van der Waals surface area (Å²) >= 11 is 2.92. The number of thioether (sulfide) groups is 1. The molecule has 0 aliphatic heterocycles. The van der Waals surface area contributed by atoms with E-state index in [4.69, 9.17) is 9.47 Å². The number of H-pyrrole nitrogens is 1. The van der Waals surface area contributed by atoms with Crippen molar-refractivity contribution in [2.75, 3.05) is 33.6 Å². The minimum absolute atomic E-state index is 0.0351. The Morgan fingerprint density at radius 3 is 2.79 bits per heavy atom. The monoisotopic (exact) mass is 418 g/mol. The van der Waals surface area contributed by atoms with E-state index in [1.54, 1.807) is 37.5 Å². The Labute approximate surface area is 172 Å². The summed E-state index contributed by atoms with van der Waals surface area (Å²) in [6, 6.07) is 9.74. The molecule has 3 aromatic rings. The van der Waals surface area contributed by atoms with Crippen LogP contribution in [0.4, 0.5) is 0 Å². The first-order chi connectivity index (χ1) is 13.6. The van der Waals surface area contributed by atoms with Gasteiger partial charge in [-0.3, -0.25) is 9.89 Å². The second-order valence-electron chi connectivity index (χ2n) is 5.99. The lowest BCUT2D eigenvalue weighted by Gasteiger charge is -2.17. The predicted octanol–water partition coefficient (Wildman–Crippen LogP) is 3.34. The Kier molecular flexibility index (Phi) is 6.94. The SMILES string of the molecule is COc1ccc(CCN(C)C(=O)CSc2n[nH]c(-c3cccs3)n2)cc1OC. The summed E-state index contributed by atoms with van der Waals surface area (Å²) in [6.45, 7) is 0.614. The van der Waals surface area contributed by atoms with Crippen LogP contribution in [0.5, 0.6) is 11.5 Å². The van der Waals surface area contributed by atoms with Gasteiger partial charge in [-0.1, -0.05) is 23.9 Å². The van der Waals surface area contributed by atoms with Crippen LogP contribution in [0.1, 0.15) is 5.56 Å². The molecule has 2 heterocycles. The van der Waals surface area contributed by atoms with E-state index >= 15 is 0 Å². The standard InChI is InChI=1S/C19H22N4O3S2/c1-23(9-8-13-6-7-14(25-2)15(11-13)26-3)17(24)12-28-19-20-18(21-22-19)16-5-4-10-27-16/h4-7,10-11H,8-9,12H2,1-3H3,(H,20,21,22). The molecular formula is C19H22N4O3S2. The minimum Gasteiger partial charge on any atom is -0.493 e. The van der Waals surface area contributed by atoms with Crippen LogP contribution in [-0.2, 0) is 11.2 Å². The number of ether oxygens (including phenoxy) is 2. The number of rotatable bonds is 9. The van der Waals surface area contributed by atoms with Crippen LogP contribution >= 0.6 is 23.1 Å². The molecule has 7 nitrogen and oxygen atoms in total. The summed E-state index contributed by atoms with van der Waals surface area (Å²) in [4.78, 5) is 19.6. The van der Waals surface area contributed by atoms with Crippen molar-refractivity contribution in [2.45, 2.75) is 11.6 Å². The van der Waals surface area contributed by atoms with Crippen molar-refractivity contribution in [3.63, 3.8) is 0 Å². The molecule has 0 saturated carbocycles. The van der Waals surface area contributed by atoms with Crippen molar-refractivity contribution < 1.29 is 14.3 Å². The van der Waals surface area contributed by atoms with Gasteiger partial charge in [-0.25, -0.2) is 4.98 Å². The summed E-state index contributed by atoms with van der Waals surface area (Å²) in [5.41, 5.74) is 1.08. The number of hydrogen-bond acceptors (Lipinski definition) is 7. The lowest BCUT2D eigenvalue weighted by molar-refractivity contribution is -0.127. The third-order valence-corrected chi connectivity index (χ3v) is 5.86. The average molecular weight is 419 g/mol. The Morgan fingerprint density at radius 1 is 1.25 bits per heavy atom. The van der Waals surface area contributed by atoms with Crippen molar-refractivity contribution in [1.82, 2.24) is 20.1 Å². The predicted molar refractivity (Wildman–Crippen MR) is 111 cm³/mol. The number of nitrogens with one attached hydrogen (secondary N) is 1. The van der Waals surface area contributed by atoms with E-state index in [1.807, 2.05) is 35.7 Å². The molecule has 2 aromatic heterocycles. The molecule has 0 aliphatic carbocycles. The molecule has 28 heavy (non-hydrogen) atoms. The van der Waals surface area contributed by atoms with Crippen LogP contribution in [0.15, 0.2) is 40.9 Å².